The molecule has 1 saturated heterocycles. The molecule has 1 aromatic rings. The van der Waals surface area contributed by atoms with Gasteiger partial charge in [0, 0.05) is 25.2 Å². The molecule has 1 aliphatic rings. The molecular formula is C15H23N3O2. The first-order chi connectivity index (χ1) is 9.58. The van der Waals surface area contributed by atoms with Gasteiger partial charge in [0.15, 0.2) is 0 Å². The zero-order chi connectivity index (χ0) is 14.5. The van der Waals surface area contributed by atoms with Crippen LogP contribution in [0.15, 0.2) is 18.2 Å². The maximum absolute atomic E-state index is 12.0. The molecule has 0 radical (unpaired) electrons. The van der Waals surface area contributed by atoms with Gasteiger partial charge in [-0.25, -0.2) is 0 Å². The number of likely N-dealkylation sites (tertiary alicyclic amines) is 1. The van der Waals surface area contributed by atoms with Crippen LogP contribution in [0.1, 0.15) is 19.8 Å². The van der Waals surface area contributed by atoms with Crippen molar-refractivity contribution >= 4 is 17.3 Å². The molecule has 1 aliphatic heterocycles. The Morgan fingerprint density at radius 2 is 2.35 bits per heavy atom. The minimum Gasteiger partial charge on any atom is -0.495 e. The standard InChI is InChI=1S/C15H23N3O2/c1-11-5-7-18(10-11)8-6-15(19)17-13-9-12(16)3-4-14(13)20-2/h3-4,9,11H,5-8,10,16H2,1-2H3,(H,17,19). The Balaban J connectivity index is 1.86. The summed E-state index contributed by atoms with van der Waals surface area (Å²) in [6.07, 6.45) is 1.72. The lowest BCUT2D eigenvalue weighted by atomic mass is 10.2. The van der Waals surface area contributed by atoms with Gasteiger partial charge in [-0.15, -0.1) is 0 Å². The number of nitrogen functional groups attached to an aromatic ring is 1. The number of nitrogens with one attached hydrogen (secondary N) is 1. The summed E-state index contributed by atoms with van der Waals surface area (Å²) >= 11 is 0. The van der Waals surface area contributed by atoms with Gasteiger partial charge in [0.2, 0.25) is 5.91 Å². The van der Waals surface area contributed by atoms with Gasteiger partial charge in [0.25, 0.3) is 0 Å². The summed E-state index contributed by atoms with van der Waals surface area (Å²) in [4.78, 5) is 14.3. The van der Waals surface area contributed by atoms with Crippen LogP contribution in [0, 0.1) is 5.92 Å². The molecule has 0 bridgehead atoms. The third-order valence-electron chi connectivity index (χ3n) is 3.66. The van der Waals surface area contributed by atoms with E-state index in [1.165, 1.54) is 6.42 Å². The normalized spacial score (nSPS) is 19.0. The summed E-state index contributed by atoms with van der Waals surface area (Å²) < 4.78 is 5.21. The molecule has 5 nitrogen and oxygen atoms in total. The third kappa shape index (κ3) is 3.87. The van der Waals surface area contributed by atoms with Gasteiger partial charge >= 0.3 is 0 Å². The Hall–Kier alpha value is -1.75. The Kier molecular flexibility index (Phi) is 4.84. The first-order valence-electron chi connectivity index (χ1n) is 7.04. The molecule has 1 fully saturated rings. The number of ether oxygens (including phenoxy) is 1. The molecule has 0 spiro atoms. The van der Waals surface area contributed by atoms with Gasteiger partial charge in [-0.1, -0.05) is 6.92 Å². The molecule has 1 amide bonds. The SMILES string of the molecule is COc1ccc(N)cc1NC(=O)CCN1CCC(C)C1. The Morgan fingerprint density at radius 3 is 3.00 bits per heavy atom. The molecule has 1 unspecified atom stereocenters. The van der Waals surface area contributed by atoms with E-state index in [1.807, 2.05) is 0 Å². The fourth-order valence-electron chi connectivity index (χ4n) is 2.53. The fourth-order valence-corrected chi connectivity index (χ4v) is 2.53. The van der Waals surface area contributed by atoms with Crippen molar-refractivity contribution in [2.75, 3.05) is 37.8 Å². The van der Waals surface area contributed by atoms with E-state index in [-0.39, 0.29) is 5.91 Å². The molecule has 0 aliphatic carbocycles. The molecule has 2 rings (SSSR count). The third-order valence-corrected chi connectivity index (χ3v) is 3.66. The largest absolute Gasteiger partial charge is 0.495 e. The van der Waals surface area contributed by atoms with E-state index in [0.717, 1.165) is 25.6 Å². The molecule has 1 heterocycles. The van der Waals surface area contributed by atoms with Crippen molar-refractivity contribution < 1.29 is 9.53 Å². The predicted octanol–water partition coefficient (Wildman–Crippen LogP) is 1.95. The van der Waals surface area contributed by atoms with Crippen molar-refractivity contribution in [1.82, 2.24) is 4.90 Å². The van der Waals surface area contributed by atoms with Crippen LogP contribution in [0.5, 0.6) is 5.75 Å². The van der Waals surface area contributed by atoms with E-state index in [0.29, 0.717) is 23.5 Å². The summed E-state index contributed by atoms with van der Waals surface area (Å²) in [5.74, 6) is 1.36. The van der Waals surface area contributed by atoms with E-state index in [1.54, 1.807) is 25.3 Å². The van der Waals surface area contributed by atoms with Gasteiger partial charge < -0.3 is 20.7 Å². The molecule has 0 saturated carbocycles. The van der Waals surface area contributed by atoms with E-state index in [4.69, 9.17) is 10.5 Å². The van der Waals surface area contributed by atoms with Crippen molar-refractivity contribution in [3.05, 3.63) is 18.2 Å². The lowest BCUT2D eigenvalue weighted by Crippen LogP contribution is -2.25. The molecule has 1 atom stereocenters. The zero-order valence-corrected chi connectivity index (χ0v) is 12.2. The number of nitrogens with zero attached hydrogens (tertiary/aromatic N) is 1. The summed E-state index contributed by atoms with van der Waals surface area (Å²) in [6, 6.07) is 5.22. The second-order valence-corrected chi connectivity index (χ2v) is 5.45. The maximum Gasteiger partial charge on any atom is 0.225 e. The zero-order valence-electron chi connectivity index (χ0n) is 12.2. The van der Waals surface area contributed by atoms with Crippen molar-refractivity contribution in [2.24, 2.45) is 5.92 Å². The highest BCUT2D eigenvalue weighted by atomic mass is 16.5. The van der Waals surface area contributed by atoms with E-state index < -0.39 is 0 Å². The summed E-state index contributed by atoms with van der Waals surface area (Å²) in [7, 11) is 1.58. The Morgan fingerprint density at radius 1 is 1.55 bits per heavy atom. The first-order valence-corrected chi connectivity index (χ1v) is 7.04. The minimum atomic E-state index is -0.00606. The number of anilines is 2. The molecule has 20 heavy (non-hydrogen) atoms. The van der Waals surface area contributed by atoms with Crippen molar-refractivity contribution in [2.45, 2.75) is 19.8 Å². The smallest absolute Gasteiger partial charge is 0.225 e. The number of nitrogens with two attached hydrogens (primary N) is 1. The predicted molar refractivity (Wildman–Crippen MR) is 80.9 cm³/mol. The number of amides is 1. The molecule has 110 valence electrons. The topological polar surface area (TPSA) is 67.6 Å². The quantitative estimate of drug-likeness (QED) is 0.807. The average Bonchev–Trinajstić information content (AvgIpc) is 2.83. The van der Waals surface area contributed by atoms with Gasteiger partial charge in [-0.05, 0) is 37.1 Å². The van der Waals surface area contributed by atoms with Crippen LogP contribution in [0.4, 0.5) is 11.4 Å². The number of hydrogen-bond acceptors (Lipinski definition) is 4. The number of rotatable bonds is 5. The highest BCUT2D eigenvalue weighted by Gasteiger charge is 2.19. The van der Waals surface area contributed by atoms with E-state index >= 15 is 0 Å². The molecule has 1 aromatic carbocycles. The first kappa shape index (κ1) is 14.7. The van der Waals surface area contributed by atoms with Crippen LogP contribution < -0.4 is 15.8 Å². The average molecular weight is 277 g/mol. The molecule has 5 heteroatoms. The van der Waals surface area contributed by atoms with Gasteiger partial charge in [0.05, 0.1) is 12.8 Å². The van der Waals surface area contributed by atoms with Crippen LogP contribution in [0.3, 0.4) is 0 Å². The fraction of sp³-hybridized carbons (Fsp3) is 0.533. The molecule has 0 aromatic heterocycles. The van der Waals surface area contributed by atoms with Crippen LogP contribution in [-0.4, -0.2) is 37.6 Å². The second kappa shape index (κ2) is 6.61. The van der Waals surface area contributed by atoms with Crippen LogP contribution in [0.25, 0.3) is 0 Å². The number of methoxy groups -OCH3 is 1. The lowest BCUT2D eigenvalue weighted by Gasteiger charge is -2.15. The van der Waals surface area contributed by atoms with Gasteiger partial charge in [-0.3, -0.25) is 4.79 Å². The second-order valence-electron chi connectivity index (χ2n) is 5.45. The van der Waals surface area contributed by atoms with E-state index in [9.17, 15) is 4.79 Å². The number of carbonyl (C=O) groups excluding carboxylic acids is 1. The maximum atomic E-state index is 12.0. The molecular weight excluding hydrogens is 254 g/mol. The van der Waals surface area contributed by atoms with Crippen LogP contribution in [0.2, 0.25) is 0 Å². The lowest BCUT2D eigenvalue weighted by molar-refractivity contribution is -0.116. The van der Waals surface area contributed by atoms with Crippen molar-refractivity contribution in [3.63, 3.8) is 0 Å². The Labute approximate surface area is 120 Å². The number of benzene rings is 1. The van der Waals surface area contributed by atoms with E-state index in [2.05, 4.69) is 17.1 Å². The Bertz CT molecular complexity index is 476. The van der Waals surface area contributed by atoms with Crippen LogP contribution in [-0.2, 0) is 4.79 Å². The van der Waals surface area contributed by atoms with Gasteiger partial charge in [0.1, 0.15) is 5.75 Å². The molecule has 3 N–H and O–H groups in total. The van der Waals surface area contributed by atoms with Gasteiger partial charge in [-0.2, -0.15) is 0 Å². The summed E-state index contributed by atoms with van der Waals surface area (Å²) in [5.41, 5.74) is 6.97. The highest BCUT2D eigenvalue weighted by molar-refractivity contribution is 5.93. The van der Waals surface area contributed by atoms with Crippen molar-refractivity contribution in [1.29, 1.82) is 0 Å². The van der Waals surface area contributed by atoms with Crippen LogP contribution >= 0.6 is 0 Å². The monoisotopic (exact) mass is 277 g/mol. The minimum absolute atomic E-state index is 0.00606. The number of carbonyl (C=O) groups is 1. The summed E-state index contributed by atoms with van der Waals surface area (Å²) in [6.45, 7) is 5.24. The highest BCUT2D eigenvalue weighted by Crippen LogP contribution is 2.26. The van der Waals surface area contributed by atoms with Crippen molar-refractivity contribution in [3.8, 4) is 5.75 Å². The number of hydrogen-bond donors (Lipinski definition) is 2. The summed E-state index contributed by atoms with van der Waals surface area (Å²) in [5, 5.41) is 2.87.